The van der Waals surface area contributed by atoms with Gasteiger partial charge in [-0.05, 0) is 19.9 Å². The topological polar surface area (TPSA) is 59.6 Å². The van der Waals surface area contributed by atoms with Crippen LogP contribution < -0.4 is 10.6 Å². The van der Waals surface area contributed by atoms with Gasteiger partial charge in [0.1, 0.15) is 0 Å². The molecular formula is C11H24N2O3. The molecule has 0 aromatic heterocycles. The molecule has 5 nitrogen and oxygen atoms in total. The highest BCUT2D eigenvalue weighted by Gasteiger charge is 1.99. The minimum Gasteiger partial charge on any atom is -0.385 e. The molecule has 0 spiro atoms. The summed E-state index contributed by atoms with van der Waals surface area (Å²) in [4.78, 5) is 11.2. The normalized spacial score (nSPS) is 10.4. The molecule has 1 amide bonds. The van der Waals surface area contributed by atoms with Crippen LogP contribution in [0.3, 0.4) is 0 Å². The van der Waals surface area contributed by atoms with E-state index < -0.39 is 0 Å². The van der Waals surface area contributed by atoms with Gasteiger partial charge >= 0.3 is 0 Å². The summed E-state index contributed by atoms with van der Waals surface area (Å²) in [6, 6.07) is 0. The summed E-state index contributed by atoms with van der Waals surface area (Å²) >= 11 is 0. The molecule has 0 heterocycles. The van der Waals surface area contributed by atoms with Crippen molar-refractivity contribution >= 4 is 5.91 Å². The second-order valence-corrected chi connectivity index (χ2v) is 3.52. The fourth-order valence-electron chi connectivity index (χ4n) is 1.13. The molecule has 0 radical (unpaired) electrons. The first-order valence-electron chi connectivity index (χ1n) is 5.79. The zero-order valence-electron chi connectivity index (χ0n) is 10.4. The van der Waals surface area contributed by atoms with Gasteiger partial charge in [-0.25, -0.2) is 0 Å². The van der Waals surface area contributed by atoms with Gasteiger partial charge in [0.05, 0.1) is 6.61 Å². The molecule has 0 aliphatic heterocycles. The summed E-state index contributed by atoms with van der Waals surface area (Å²) in [7, 11) is 3.55. The van der Waals surface area contributed by atoms with Crippen molar-refractivity contribution in [3.8, 4) is 0 Å². The molecule has 16 heavy (non-hydrogen) atoms. The first-order valence-corrected chi connectivity index (χ1v) is 5.79. The van der Waals surface area contributed by atoms with Crippen LogP contribution in [0.4, 0.5) is 0 Å². The van der Waals surface area contributed by atoms with Crippen molar-refractivity contribution in [1.82, 2.24) is 10.6 Å². The average molecular weight is 232 g/mol. The number of methoxy groups -OCH3 is 1. The van der Waals surface area contributed by atoms with Gasteiger partial charge in [0.2, 0.25) is 5.91 Å². The fourth-order valence-corrected chi connectivity index (χ4v) is 1.13. The average Bonchev–Trinajstić information content (AvgIpc) is 2.28. The molecule has 0 fully saturated rings. The maximum absolute atomic E-state index is 11.2. The maximum Gasteiger partial charge on any atom is 0.222 e. The zero-order valence-corrected chi connectivity index (χ0v) is 10.4. The first-order chi connectivity index (χ1) is 7.81. The Kier molecular flexibility index (Phi) is 11.9. The number of ether oxygens (including phenoxy) is 2. The van der Waals surface area contributed by atoms with Crippen molar-refractivity contribution in [2.75, 3.05) is 47.1 Å². The van der Waals surface area contributed by atoms with Crippen LogP contribution in [0, 0.1) is 0 Å². The molecule has 0 saturated carbocycles. The van der Waals surface area contributed by atoms with E-state index in [0.29, 0.717) is 26.2 Å². The summed E-state index contributed by atoms with van der Waals surface area (Å²) in [6.07, 6.45) is 2.42. The molecule has 96 valence electrons. The van der Waals surface area contributed by atoms with E-state index in [0.717, 1.165) is 26.0 Å². The number of hydrogen-bond donors (Lipinski definition) is 2. The highest BCUT2D eigenvalue weighted by Crippen LogP contribution is 1.91. The second kappa shape index (κ2) is 12.4. The predicted octanol–water partition coefficient (Wildman–Crippen LogP) is 0.155. The highest BCUT2D eigenvalue weighted by atomic mass is 16.5. The summed E-state index contributed by atoms with van der Waals surface area (Å²) in [5.41, 5.74) is 0. The van der Waals surface area contributed by atoms with Crippen LogP contribution in [-0.4, -0.2) is 53.0 Å². The SMILES string of the molecule is CNCCNC(=O)CCOCCCCOC. The van der Waals surface area contributed by atoms with Gasteiger partial charge in [0.15, 0.2) is 0 Å². The fraction of sp³-hybridized carbons (Fsp3) is 0.909. The van der Waals surface area contributed by atoms with Gasteiger partial charge in [-0.3, -0.25) is 4.79 Å². The lowest BCUT2D eigenvalue weighted by molar-refractivity contribution is -0.122. The van der Waals surface area contributed by atoms with Gasteiger partial charge < -0.3 is 20.1 Å². The Morgan fingerprint density at radius 3 is 2.56 bits per heavy atom. The lowest BCUT2D eigenvalue weighted by Gasteiger charge is -2.05. The number of hydrogen-bond acceptors (Lipinski definition) is 4. The number of amides is 1. The third-order valence-corrected chi connectivity index (χ3v) is 2.06. The summed E-state index contributed by atoms with van der Waals surface area (Å²) in [5.74, 6) is 0.0483. The number of nitrogens with one attached hydrogen (secondary N) is 2. The van der Waals surface area contributed by atoms with E-state index in [1.807, 2.05) is 7.05 Å². The number of carbonyl (C=O) groups excluding carboxylic acids is 1. The number of unbranched alkanes of at least 4 members (excludes halogenated alkanes) is 1. The van der Waals surface area contributed by atoms with Gasteiger partial charge in [0.25, 0.3) is 0 Å². The summed E-state index contributed by atoms with van der Waals surface area (Å²) < 4.78 is 10.2. The van der Waals surface area contributed by atoms with Crippen LogP contribution in [0.25, 0.3) is 0 Å². The molecule has 0 bridgehead atoms. The summed E-state index contributed by atoms with van der Waals surface area (Å²) in [5, 5.41) is 5.75. The number of carbonyl (C=O) groups is 1. The molecule has 2 N–H and O–H groups in total. The third-order valence-electron chi connectivity index (χ3n) is 2.06. The molecular weight excluding hydrogens is 208 g/mol. The Labute approximate surface area is 97.9 Å². The quantitative estimate of drug-likeness (QED) is 0.498. The Morgan fingerprint density at radius 1 is 1.12 bits per heavy atom. The van der Waals surface area contributed by atoms with E-state index in [-0.39, 0.29) is 5.91 Å². The third kappa shape index (κ3) is 11.4. The van der Waals surface area contributed by atoms with Crippen molar-refractivity contribution in [2.45, 2.75) is 19.3 Å². The van der Waals surface area contributed by atoms with Crippen LogP contribution in [0.2, 0.25) is 0 Å². The Morgan fingerprint density at radius 2 is 1.88 bits per heavy atom. The highest BCUT2D eigenvalue weighted by molar-refractivity contribution is 5.75. The minimum atomic E-state index is 0.0483. The van der Waals surface area contributed by atoms with E-state index in [4.69, 9.17) is 9.47 Å². The molecule has 0 rings (SSSR count). The lowest BCUT2D eigenvalue weighted by atomic mass is 10.3. The molecule has 5 heteroatoms. The summed E-state index contributed by atoms with van der Waals surface area (Å²) in [6.45, 7) is 3.44. The maximum atomic E-state index is 11.2. The van der Waals surface area contributed by atoms with Crippen LogP contribution in [0.5, 0.6) is 0 Å². The Bertz CT molecular complexity index is 165. The lowest BCUT2D eigenvalue weighted by Crippen LogP contribution is -2.30. The molecule has 0 aliphatic carbocycles. The molecule has 0 atom stereocenters. The van der Waals surface area contributed by atoms with Crippen LogP contribution >= 0.6 is 0 Å². The van der Waals surface area contributed by atoms with E-state index in [9.17, 15) is 4.79 Å². The van der Waals surface area contributed by atoms with Crippen molar-refractivity contribution in [3.63, 3.8) is 0 Å². The van der Waals surface area contributed by atoms with Gasteiger partial charge in [-0.2, -0.15) is 0 Å². The van der Waals surface area contributed by atoms with E-state index >= 15 is 0 Å². The van der Waals surface area contributed by atoms with Crippen LogP contribution in [-0.2, 0) is 14.3 Å². The number of likely N-dealkylation sites (N-methyl/N-ethyl adjacent to an activating group) is 1. The van der Waals surface area contributed by atoms with Crippen molar-refractivity contribution in [3.05, 3.63) is 0 Å². The van der Waals surface area contributed by atoms with Crippen molar-refractivity contribution in [2.24, 2.45) is 0 Å². The number of rotatable bonds is 11. The standard InChI is InChI=1S/C11H24N2O3/c1-12-6-7-13-11(14)5-10-16-9-4-3-8-15-2/h12H,3-10H2,1-2H3,(H,13,14). The molecule has 0 aliphatic rings. The van der Waals surface area contributed by atoms with Crippen LogP contribution in [0.15, 0.2) is 0 Å². The molecule has 0 unspecified atom stereocenters. The first kappa shape index (κ1) is 15.3. The van der Waals surface area contributed by atoms with Gasteiger partial charge in [0, 0.05) is 39.8 Å². The van der Waals surface area contributed by atoms with Crippen molar-refractivity contribution in [1.29, 1.82) is 0 Å². The van der Waals surface area contributed by atoms with Gasteiger partial charge in [-0.15, -0.1) is 0 Å². The van der Waals surface area contributed by atoms with E-state index in [1.54, 1.807) is 7.11 Å². The zero-order chi connectivity index (χ0) is 12.1. The second-order valence-electron chi connectivity index (χ2n) is 3.52. The molecule has 0 aromatic rings. The van der Waals surface area contributed by atoms with Crippen LogP contribution in [0.1, 0.15) is 19.3 Å². The smallest absolute Gasteiger partial charge is 0.222 e. The van der Waals surface area contributed by atoms with Crippen molar-refractivity contribution < 1.29 is 14.3 Å². The van der Waals surface area contributed by atoms with E-state index in [1.165, 1.54) is 0 Å². The van der Waals surface area contributed by atoms with Gasteiger partial charge in [-0.1, -0.05) is 0 Å². The molecule has 0 saturated heterocycles. The largest absolute Gasteiger partial charge is 0.385 e. The minimum absolute atomic E-state index is 0.0483. The molecule has 0 aromatic carbocycles. The monoisotopic (exact) mass is 232 g/mol. The Balaban J connectivity index is 3.09. The predicted molar refractivity (Wildman–Crippen MR) is 63.5 cm³/mol. The van der Waals surface area contributed by atoms with E-state index in [2.05, 4.69) is 10.6 Å². The Hall–Kier alpha value is -0.650.